The highest BCUT2D eigenvalue weighted by molar-refractivity contribution is 5.95. The maximum Gasteiger partial charge on any atom is 0.270 e. The summed E-state index contributed by atoms with van der Waals surface area (Å²) in [6.07, 6.45) is 3.62. The number of benzene rings is 2. The van der Waals surface area contributed by atoms with Crippen molar-refractivity contribution in [2.24, 2.45) is 0 Å². The number of anilines is 1. The minimum Gasteiger partial charge on any atom is -0.381 e. The van der Waals surface area contributed by atoms with Crippen molar-refractivity contribution in [3.05, 3.63) is 100 Å². The van der Waals surface area contributed by atoms with Crippen molar-refractivity contribution in [3.8, 4) is 0 Å². The lowest BCUT2D eigenvalue weighted by Crippen LogP contribution is -2.37. The summed E-state index contributed by atoms with van der Waals surface area (Å²) in [6, 6.07) is 19.6. The van der Waals surface area contributed by atoms with E-state index in [4.69, 9.17) is 0 Å². The Hall–Kier alpha value is -3.54. The van der Waals surface area contributed by atoms with E-state index in [1.165, 1.54) is 23.8 Å². The molecule has 1 aromatic heterocycles. The highest BCUT2D eigenvalue weighted by Gasteiger charge is 2.15. The largest absolute Gasteiger partial charge is 0.381 e. The Balaban J connectivity index is 1.61. The molecule has 6 heteroatoms. The first-order valence-electron chi connectivity index (χ1n) is 8.16. The Morgan fingerprint density at radius 2 is 1.73 bits per heavy atom. The van der Waals surface area contributed by atoms with E-state index in [0.717, 1.165) is 12.2 Å². The summed E-state index contributed by atoms with van der Waals surface area (Å²) >= 11 is 0. The van der Waals surface area contributed by atoms with Gasteiger partial charge >= 0.3 is 0 Å². The zero-order valence-corrected chi connectivity index (χ0v) is 14.0. The van der Waals surface area contributed by atoms with Gasteiger partial charge in [0.15, 0.2) is 12.4 Å². The van der Waals surface area contributed by atoms with Gasteiger partial charge in [0.05, 0.1) is 4.92 Å². The van der Waals surface area contributed by atoms with Crippen molar-refractivity contribution in [2.45, 2.75) is 13.1 Å². The lowest BCUT2D eigenvalue weighted by molar-refractivity contribution is -0.683. The third-order valence-corrected chi connectivity index (χ3v) is 3.94. The SMILES string of the molecule is O=C(C[n+]1ccc(NCc2ccccc2)cc1)c1cccc([N+](=O)[O-])c1. The fraction of sp³-hybridized carbons (Fsp3) is 0.100. The van der Waals surface area contributed by atoms with E-state index < -0.39 is 4.92 Å². The fourth-order valence-electron chi connectivity index (χ4n) is 2.53. The van der Waals surface area contributed by atoms with Gasteiger partial charge < -0.3 is 5.32 Å². The van der Waals surface area contributed by atoms with Gasteiger partial charge in [-0.15, -0.1) is 0 Å². The van der Waals surface area contributed by atoms with Gasteiger partial charge in [-0.1, -0.05) is 42.5 Å². The van der Waals surface area contributed by atoms with Crippen LogP contribution >= 0.6 is 0 Å². The number of hydrogen-bond donors (Lipinski definition) is 1. The van der Waals surface area contributed by atoms with E-state index in [1.54, 1.807) is 10.6 Å². The van der Waals surface area contributed by atoms with Crippen molar-refractivity contribution in [1.82, 2.24) is 0 Å². The standard InChI is InChI=1S/C20H17N3O3/c24-20(17-7-4-8-19(13-17)23(25)26)15-22-11-9-18(10-12-22)21-14-16-5-2-1-3-6-16/h1-13H,14-15H2/p+1. The second-order valence-electron chi connectivity index (χ2n) is 5.83. The Kier molecular flexibility index (Phi) is 5.34. The molecule has 0 aliphatic rings. The van der Waals surface area contributed by atoms with Crippen molar-refractivity contribution in [1.29, 1.82) is 0 Å². The number of non-ortho nitro benzene ring substituents is 1. The zero-order chi connectivity index (χ0) is 18.4. The molecule has 26 heavy (non-hydrogen) atoms. The molecule has 0 aliphatic heterocycles. The lowest BCUT2D eigenvalue weighted by atomic mass is 10.1. The highest BCUT2D eigenvalue weighted by atomic mass is 16.6. The molecule has 0 unspecified atom stereocenters. The van der Waals surface area contributed by atoms with Crippen molar-refractivity contribution in [2.75, 3.05) is 5.32 Å². The molecule has 130 valence electrons. The van der Waals surface area contributed by atoms with Crippen LogP contribution in [0, 0.1) is 10.1 Å². The zero-order valence-electron chi connectivity index (χ0n) is 14.0. The molecule has 0 radical (unpaired) electrons. The molecule has 2 aromatic carbocycles. The summed E-state index contributed by atoms with van der Waals surface area (Å²) in [6.45, 7) is 0.845. The highest BCUT2D eigenvalue weighted by Crippen LogP contribution is 2.13. The topological polar surface area (TPSA) is 76.1 Å². The summed E-state index contributed by atoms with van der Waals surface area (Å²) in [5, 5.41) is 14.1. The average molecular weight is 348 g/mol. The van der Waals surface area contributed by atoms with Crippen molar-refractivity contribution in [3.63, 3.8) is 0 Å². The smallest absolute Gasteiger partial charge is 0.270 e. The molecule has 0 amide bonds. The van der Waals surface area contributed by atoms with Crippen LogP contribution in [0.15, 0.2) is 79.1 Å². The second kappa shape index (κ2) is 8.02. The third kappa shape index (κ3) is 4.51. The van der Waals surface area contributed by atoms with Gasteiger partial charge in [-0.2, -0.15) is 4.57 Å². The van der Waals surface area contributed by atoms with Gasteiger partial charge in [0.25, 0.3) is 5.69 Å². The molecule has 1 heterocycles. The number of rotatable bonds is 7. The maximum absolute atomic E-state index is 12.3. The molecule has 0 spiro atoms. The van der Waals surface area contributed by atoms with Crippen LogP contribution in [0.5, 0.6) is 0 Å². The first-order chi connectivity index (χ1) is 12.6. The normalized spacial score (nSPS) is 10.3. The summed E-state index contributed by atoms with van der Waals surface area (Å²) in [5.74, 6) is -0.177. The molecule has 6 nitrogen and oxygen atoms in total. The van der Waals surface area contributed by atoms with Crippen LogP contribution in [0.1, 0.15) is 15.9 Å². The first-order valence-corrected chi connectivity index (χ1v) is 8.16. The minimum atomic E-state index is -0.503. The van der Waals surface area contributed by atoms with Gasteiger partial charge in [-0.3, -0.25) is 14.9 Å². The van der Waals surface area contributed by atoms with Gasteiger partial charge in [-0.25, -0.2) is 0 Å². The Bertz CT molecular complexity index is 909. The number of Topliss-reactive ketones (excluding diaryl/α,β-unsaturated/α-hetero) is 1. The summed E-state index contributed by atoms with van der Waals surface area (Å²) in [4.78, 5) is 22.6. The van der Waals surface area contributed by atoms with Crippen LogP contribution in [-0.4, -0.2) is 10.7 Å². The van der Waals surface area contributed by atoms with E-state index in [2.05, 4.69) is 5.32 Å². The second-order valence-corrected chi connectivity index (χ2v) is 5.83. The Morgan fingerprint density at radius 1 is 1.00 bits per heavy atom. The molecule has 0 aliphatic carbocycles. The molecular weight excluding hydrogens is 330 g/mol. The maximum atomic E-state index is 12.3. The lowest BCUT2D eigenvalue weighted by Gasteiger charge is -2.05. The number of ketones is 1. The minimum absolute atomic E-state index is 0.0821. The average Bonchev–Trinajstić information content (AvgIpc) is 2.68. The monoisotopic (exact) mass is 348 g/mol. The Labute approximate surface area is 150 Å². The van der Waals surface area contributed by atoms with Gasteiger partial charge in [0.2, 0.25) is 12.3 Å². The summed E-state index contributed by atoms with van der Waals surface area (Å²) < 4.78 is 1.74. The Morgan fingerprint density at radius 3 is 2.42 bits per heavy atom. The van der Waals surface area contributed by atoms with E-state index >= 15 is 0 Å². The van der Waals surface area contributed by atoms with Crippen molar-refractivity contribution < 1.29 is 14.3 Å². The number of pyridine rings is 1. The molecule has 3 rings (SSSR count). The predicted octanol–water partition coefficient (Wildman–Crippen LogP) is 3.38. The van der Waals surface area contributed by atoms with Crippen LogP contribution in [-0.2, 0) is 13.1 Å². The van der Waals surface area contributed by atoms with E-state index in [9.17, 15) is 14.9 Å². The first kappa shape index (κ1) is 17.3. The van der Waals surface area contributed by atoms with Crippen LogP contribution in [0.4, 0.5) is 11.4 Å². The molecule has 3 aromatic rings. The molecule has 0 atom stereocenters. The number of nitro groups is 1. The molecule has 0 saturated heterocycles. The number of carbonyl (C=O) groups is 1. The molecule has 1 N–H and O–H groups in total. The van der Waals surface area contributed by atoms with Crippen LogP contribution in [0.2, 0.25) is 0 Å². The number of aromatic nitrogens is 1. The molecular formula is C20H18N3O3+. The third-order valence-electron chi connectivity index (χ3n) is 3.94. The summed E-state index contributed by atoms with van der Waals surface area (Å²) in [5.41, 5.74) is 2.39. The molecule has 0 saturated carbocycles. The fourth-order valence-corrected chi connectivity index (χ4v) is 2.53. The quantitative estimate of drug-likeness (QED) is 0.307. The predicted molar refractivity (Wildman–Crippen MR) is 97.8 cm³/mol. The van der Waals surface area contributed by atoms with Gasteiger partial charge in [0.1, 0.15) is 0 Å². The van der Waals surface area contributed by atoms with Gasteiger partial charge in [0, 0.05) is 42.1 Å². The van der Waals surface area contributed by atoms with E-state index in [1.807, 2.05) is 54.9 Å². The molecule has 0 bridgehead atoms. The van der Waals surface area contributed by atoms with Crippen LogP contribution in [0.25, 0.3) is 0 Å². The molecule has 0 fully saturated rings. The number of nitrogens with one attached hydrogen (secondary N) is 1. The number of nitrogens with zero attached hydrogens (tertiary/aromatic N) is 2. The summed E-state index contributed by atoms with van der Waals surface area (Å²) in [7, 11) is 0. The van der Waals surface area contributed by atoms with E-state index in [0.29, 0.717) is 5.56 Å². The van der Waals surface area contributed by atoms with Crippen molar-refractivity contribution >= 4 is 17.2 Å². The van der Waals surface area contributed by atoms with E-state index in [-0.39, 0.29) is 18.0 Å². The number of nitro benzene ring substituents is 1. The number of hydrogen-bond acceptors (Lipinski definition) is 4. The number of carbonyl (C=O) groups excluding carboxylic acids is 1. The van der Waals surface area contributed by atoms with Gasteiger partial charge in [-0.05, 0) is 5.56 Å². The van der Waals surface area contributed by atoms with Crippen LogP contribution in [0.3, 0.4) is 0 Å². The van der Waals surface area contributed by atoms with Crippen LogP contribution < -0.4 is 9.88 Å².